The summed E-state index contributed by atoms with van der Waals surface area (Å²) < 4.78 is 22.7. The molecule has 23 heavy (non-hydrogen) atoms. The maximum Gasteiger partial charge on any atom is 0.222 e. The van der Waals surface area contributed by atoms with E-state index in [1.54, 1.807) is 0 Å². The average molecular weight is 460 g/mol. The van der Waals surface area contributed by atoms with E-state index in [0.717, 1.165) is 6.54 Å². The molecule has 1 aliphatic heterocycles. The summed E-state index contributed by atoms with van der Waals surface area (Å²) in [5.41, 5.74) is -0.110. The molecule has 0 aromatic rings. The molecular weight excluding hydrogens is 431 g/mol. The van der Waals surface area contributed by atoms with E-state index in [2.05, 4.69) is 20.9 Å². The van der Waals surface area contributed by atoms with Gasteiger partial charge in [0.1, 0.15) is 0 Å². The average Bonchev–Trinajstić information content (AvgIpc) is 2.66. The molecule has 3 N–H and O–H groups in total. The second kappa shape index (κ2) is 9.65. The molecule has 1 heterocycles. The second-order valence-corrected chi connectivity index (χ2v) is 8.78. The first-order valence-corrected chi connectivity index (χ1v) is 9.50. The van der Waals surface area contributed by atoms with Gasteiger partial charge in [0.05, 0.1) is 18.1 Å². The Hall–Kier alpha value is -0.580. The topological polar surface area (TPSA) is 99.7 Å². The molecule has 0 spiro atoms. The first kappa shape index (κ1) is 22.4. The van der Waals surface area contributed by atoms with E-state index in [1.165, 1.54) is 0 Å². The third kappa shape index (κ3) is 10.0. The summed E-state index contributed by atoms with van der Waals surface area (Å²) >= 11 is 0. The van der Waals surface area contributed by atoms with Crippen molar-refractivity contribution in [3.8, 4) is 0 Å². The van der Waals surface area contributed by atoms with Crippen LogP contribution in [0.15, 0.2) is 4.99 Å². The van der Waals surface area contributed by atoms with Crippen molar-refractivity contribution in [2.75, 3.05) is 24.6 Å². The van der Waals surface area contributed by atoms with Gasteiger partial charge in [-0.1, -0.05) is 0 Å². The Morgan fingerprint density at radius 1 is 1.30 bits per heavy atom. The molecule has 1 aliphatic rings. The maximum absolute atomic E-state index is 11.8. The Morgan fingerprint density at radius 2 is 1.96 bits per heavy atom. The monoisotopic (exact) mass is 460 g/mol. The fraction of sp³-hybridized carbons (Fsp3) is 0.857. The number of aliphatic imine (C=N–C) groups is 1. The summed E-state index contributed by atoms with van der Waals surface area (Å²) in [5, 5.41) is 9.13. The number of hydrogen-bond acceptors (Lipinski definition) is 4. The van der Waals surface area contributed by atoms with Crippen LogP contribution in [0.2, 0.25) is 0 Å². The van der Waals surface area contributed by atoms with Gasteiger partial charge >= 0.3 is 0 Å². The zero-order valence-corrected chi connectivity index (χ0v) is 17.5. The molecule has 1 saturated heterocycles. The van der Waals surface area contributed by atoms with Gasteiger partial charge in [0, 0.05) is 24.5 Å². The van der Waals surface area contributed by atoms with E-state index < -0.39 is 9.84 Å². The highest BCUT2D eigenvalue weighted by Crippen LogP contribution is 2.11. The number of amides is 1. The summed E-state index contributed by atoms with van der Waals surface area (Å²) in [6.07, 6.45) is 0.753. The fourth-order valence-corrected chi connectivity index (χ4v) is 3.81. The second-order valence-electron chi connectivity index (χ2n) is 6.55. The highest BCUT2D eigenvalue weighted by atomic mass is 127. The normalized spacial score (nSPS) is 20.5. The van der Waals surface area contributed by atoms with Crippen molar-refractivity contribution in [3.05, 3.63) is 0 Å². The smallest absolute Gasteiger partial charge is 0.222 e. The molecule has 7 nitrogen and oxygen atoms in total. The van der Waals surface area contributed by atoms with Crippen LogP contribution in [0.5, 0.6) is 0 Å². The number of rotatable bonds is 5. The molecule has 0 bridgehead atoms. The van der Waals surface area contributed by atoms with Crippen LogP contribution in [0, 0.1) is 0 Å². The molecule has 1 amide bonds. The summed E-state index contributed by atoms with van der Waals surface area (Å²) in [7, 11) is -2.96. The van der Waals surface area contributed by atoms with Crippen LogP contribution in [-0.2, 0) is 14.6 Å². The molecule has 1 rings (SSSR count). The quantitative estimate of drug-likeness (QED) is 0.318. The Balaban J connectivity index is 0.00000484. The molecule has 1 atom stereocenters. The first-order valence-electron chi connectivity index (χ1n) is 7.67. The predicted molar refractivity (Wildman–Crippen MR) is 104 cm³/mol. The van der Waals surface area contributed by atoms with Crippen molar-refractivity contribution in [3.63, 3.8) is 0 Å². The van der Waals surface area contributed by atoms with Gasteiger partial charge in [-0.25, -0.2) is 8.42 Å². The van der Waals surface area contributed by atoms with Crippen molar-refractivity contribution in [1.82, 2.24) is 16.0 Å². The van der Waals surface area contributed by atoms with Crippen LogP contribution in [0.4, 0.5) is 0 Å². The molecule has 1 fully saturated rings. The van der Waals surface area contributed by atoms with Gasteiger partial charge < -0.3 is 16.0 Å². The van der Waals surface area contributed by atoms with Crippen LogP contribution in [0.3, 0.4) is 0 Å². The number of sulfone groups is 1. The van der Waals surface area contributed by atoms with Gasteiger partial charge in [0.15, 0.2) is 15.8 Å². The van der Waals surface area contributed by atoms with Crippen molar-refractivity contribution in [2.45, 2.75) is 52.1 Å². The van der Waals surface area contributed by atoms with Crippen molar-refractivity contribution in [1.29, 1.82) is 0 Å². The first-order chi connectivity index (χ1) is 10.1. The van der Waals surface area contributed by atoms with Crippen LogP contribution in [0.25, 0.3) is 0 Å². The maximum atomic E-state index is 11.8. The highest BCUT2D eigenvalue weighted by molar-refractivity contribution is 14.0. The lowest BCUT2D eigenvalue weighted by atomic mass is 10.1. The molecule has 9 heteroatoms. The molecule has 0 aliphatic carbocycles. The van der Waals surface area contributed by atoms with Crippen LogP contribution in [0.1, 0.15) is 40.5 Å². The SMILES string of the molecule is CCNC(=NCCC(=O)NC1CCS(=O)(=O)C1)NC(C)(C)C.I. The minimum atomic E-state index is -2.96. The lowest BCUT2D eigenvalue weighted by Gasteiger charge is -2.23. The minimum Gasteiger partial charge on any atom is -0.357 e. The summed E-state index contributed by atoms with van der Waals surface area (Å²) in [6, 6.07) is -0.248. The van der Waals surface area contributed by atoms with Gasteiger partial charge in [-0.3, -0.25) is 9.79 Å². The summed E-state index contributed by atoms with van der Waals surface area (Å²) in [5.74, 6) is 0.732. The van der Waals surface area contributed by atoms with Gasteiger partial charge in [-0.05, 0) is 34.1 Å². The lowest BCUT2D eigenvalue weighted by molar-refractivity contribution is -0.121. The van der Waals surface area contributed by atoms with Gasteiger partial charge in [0.2, 0.25) is 5.91 Å². The molecule has 0 saturated carbocycles. The van der Waals surface area contributed by atoms with Crippen molar-refractivity contribution < 1.29 is 13.2 Å². The number of carbonyl (C=O) groups excluding carboxylic acids is 1. The summed E-state index contributed by atoms with van der Waals surface area (Å²) in [6.45, 7) is 9.19. The number of carbonyl (C=O) groups is 1. The van der Waals surface area contributed by atoms with Crippen LogP contribution in [-0.4, -0.2) is 56.5 Å². The van der Waals surface area contributed by atoms with E-state index in [9.17, 15) is 13.2 Å². The third-order valence-corrected chi connectivity index (χ3v) is 4.81. The summed E-state index contributed by atoms with van der Waals surface area (Å²) in [4.78, 5) is 16.2. The predicted octanol–water partition coefficient (Wildman–Crippen LogP) is 0.651. The molecule has 136 valence electrons. The Kier molecular flexibility index (Phi) is 9.41. The number of nitrogens with zero attached hydrogens (tertiary/aromatic N) is 1. The number of halogens is 1. The van der Waals surface area contributed by atoms with Gasteiger partial charge in [-0.15, -0.1) is 24.0 Å². The van der Waals surface area contributed by atoms with E-state index in [4.69, 9.17) is 0 Å². The van der Waals surface area contributed by atoms with Crippen LogP contribution < -0.4 is 16.0 Å². The van der Waals surface area contributed by atoms with E-state index in [0.29, 0.717) is 18.9 Å². The van der Waals surface area contributed by atoms with Crippen molar-refractivity contribution in [2.24, 2.45) is 4.99 Å². The lowest BCUT2D eigenvalue weighted by Crippen LogP contribution is -2.47. The Morgan fingerprint density at radius 3 is 2.43 bits per heavy atom. The largest absolute Gasteiger partial charge is 0.357 e. The van der Waals surface area contributed by atoms with Crippen LogP contribution >= 0.6 is 24.0 Å². The Bertz CT molecular complexity index is 515. The highest BCUT2D eigenvalue weighted by Gasteiger charge is 2.28. The van der Waals surface area contributed by atoms with E-state index >= 15 is 0 Å². The molecule has 0 radical (unpaired) electrons. The minimum absolute atomic E-state index is 0. The van der Waals surface area contributed by atoms with Gasteiger partial charge in [0.25, 0.3) is 0 Å². The third-order valence-electron chi connectivity index (χ3n) is 3.04. The number of guanidine groups is 1. The molecular formula is C14H29IN4O3S. The standard InChI is InChI=1S/C14H28N4O3S.HI/c1-5-15-13(18-14(2,3)4)16-8-6-12(19)17-11-7-9-22(20,21)10-11;/h11H,5-10H2,1-4H3,(H,17,19)(H2,15,16,18);1H. The zero-order valence-electron chi connectivity index (χ0n) is 14.3. The Labute approximate surface area is 156 Å². The van der Waals surface area contributed by atoms with E-state index in [-0.39, 0.29) is 59.4 Å². The zero-order chi connectivity index (χ0) is 16.8. The number of hydrogen-bond donors (Lipinski definition) is 3. The molecule has 1 unspecified atom stereocenters. The van der Waals surface area contributed by atoms with Gasteiger partial charge in [-0.2, -0.15) is 0 Å². The fourth-order valence-electron chi connectivity index (χ4n) is 2.14. The van der Waals surface area contributed by atoms with E-state index in [1.807, 2.05) is 27.7 Å². The van der Waals surface area contributed by atoms with Crippen molar-refractivity contribution >= 4 is 45.7 Å². The molecule has 0 aromatic carbocycles. The molecule has 0 aromatic heterocycles. The number of nitrogens with one attached hydrogen (secondary N) is 3.